The summed E-state index contributed by atoms with van der Waals surface area (Å²) >= 11 is 7.70. The van der Waals surface area contributed by atoms with Crippen LogP contribution in [0.15, 0.2) is 0 Å². The minimum Gasteiger partial charge on any atom is -0.388 e. The van der Waals surface area contributed by atoms with Crippen molar-refractivity contribution in [3.8, 4) is 0 Å². The van der Waals surface area contributed by atoms with Gasteiger partial charge in [-0.25, -0.2) is 0 Å². The summed E-state index contributed by atoms with van der Waals surface area (Å²) in [4.78, 5) is 15.6. The number of alkyl halides is 1. The summed E-state index contributed by atoms with van der Waals surface area (Å²) in [6, 6.07) is -1.19. The number of hydrogen-bond donors (Lipinski definition) is 4. The molecule has 3 heterocycles. The van der Waals surface area contributed by atoms with E-state index in [-0.39, 0.29) is 12.0 Å². The van der Waals surface area contributed by atoms with Crippen molar-refractivity contribution >= 4 is 29.3 Å². The number of halogens is 1. The molecule has 0 radical (unpaired) electrons. The molecule has 34 heavy (non-hydrogen) atoms. The average Bonchev–Trinajstić information content (AvgIpc) is 3.39. The summed E-state index contributed by atoms with van der Waals surface area (Å²) < 4.78 is 12.2. The normalized spacial score (nSPS) is 43.8. The van der Waals surface area contributed by atoms with Gasteiger partial charge in [0.2, 0.25) is 5.91 Å². The Morgan fingerprint density at radius 3 is 2.44 bits per heavy atom. The van der Waals surface area contributed by atoms with Crippen LogP contribution in [0, 0.1) is 17.8 Å². The highest BCUT2D eigenvalue weighted by Gasteiger charge is 2.51. The summed E-state index contributed by atoms with van der Waals surface area (Å²) in [6.07, 6.45) is 4.11. The minimum absolute atomic E-state index is 0.175. The van der Waals surface area contributed by atoms with Gasteiger partial charge in [0.15, 0.2) is 0 Å². The molecule has 1 aliphatic carbocycles. The Hall–Kier alpha value is -0.130. The van der Waals surface area contributed by atoms with E-state index in [1.54, 1.807) is 13.2 Å². The third-order valence-corrected chi connectivity index (χ3v) is 9.64. The standard InChI is InChI=1S/C24H41ClN2O6S/c1-12(25)16(22-19(29)18(28)20(30)24(33-22)34-3)26-23(31)17-21-15(11-27(17)2)10-14(8-9-32-21)13-6-4-5-7-13/h12-22,24,28-30H,4-11H2,1-3H3,(H,26,31)/t12?,14-,15?,16-,17+,18?,19+,20-,21-,22-,24?/m1/s1. The number of nitrogens with zero attached hydrogens (tertiary/aromatic N) is 1. The van der Waals surface area contributed by atoms with E-state index in [2.05, 4.69) is 10.2 Å². The number of aliphatic hydroxyl groups excluding tert-OH is 3. The molecule has 0 bridgehead atoms. The zero-order valence-electron chi connectivity index (χ0n) is 20.4. The summed E-state index contributed by atoms with van der Waals surface area (Å²) in [7, 11) is 1.96. The van der Waals surface area contributed by atoms with Crippen molar-refractivity contribution in [1.82, 2.24) is 10.2 Å². The molecule has 3 saturated heterocycles. The molecule has 11 atom stereocenters. The predicted molar refractivity (Wildman–Crippen MR) is 132 cm³/mol. The van der Waals surface area contributed by atoms with Crippen LogP contribution >= 0.6 is 23.4 Å². The lowest BCUT2D eigenvalue weighted by Crippen LogP contribution is -2.65. The molecular weight excluding hydrogens is 480 g/mol. The van der Waals surface area contributed by atoms with Gasteiger partial charge in [0.25, 0.3) is 0 Å². The maximum Gasteiger partial charge on any atom is 0.240 e. The number of thioether (sulfide) groups is 1. The van der Waals surface area contributed by atoms with Crippen LogP contribution < -0.4 is 5.32 Å². The molecule has 4 fully saturated rings. The van der Waals surface area contributed by atoms with Gasteiger partial charge in [-0.15, -0.1) is 23.4 Å². The van der Waals surface area contributed by atoms with Crippen LogP contribution in [0.1, 0.15) is 45.4 Å². The number of carbonyl (C=O) groups is 1. The fourth-order valence-corrected chi connectivity index (χ4v) is 7.56. The Balaban J connectivity index is 1.45. The highest BCUT2D eigenvalue weighted by Crippen LogP contribution is 2.42. The molecule has 0 aromatic heterocycles. The van der Waals surface area contributed by atoms with E-state index in [0.717, 1.165) is 25.3 Å². The van der Waals surface area contributed by atoms with Crippen molar-refractivity contribution in [2.75, 3.05) is 26.5 Å². The second kappa shape index (κ2) is 11.5. The van der Waals surface area contributed by atoms with Crippen LogP contribution in [0.25, 0.3) is 0 Å². The first-order valence-electron chi connectivity index (χ1n) is 12.7. The summed E-state index contributed by atoms with van der Waals surface area (Å²) in [5.41, 5.74) is -0.727. The van der Waals surface area contributed by atoms with Crippen molar-refractivity contribution < 1.29 is 29.6 Å². The number of fused-ring (bicyclic) bond motifs is 1. The molecule has 0 spiro atoms. The Morgan fingerprint density at radius 1 is 1.09 bits per heavy atom. The van der Waals surface area contributed by atoms with Gasteiger partial charge in [0.1, 0.15) is 35.9 Å². The Kier molecular flexibility index (Phi) is 9.11. The van der Waals surface area contributed by atoms with E-state index in [4.69, 9.17) is 21.1 Å². The first-order valence-corrected chi connectivity index (χ1v) is 14.4. The van der Waals surface area contributed by atoms with Gasteiger partial charge in [-0.1, -0.05) is 25.7 Å². The van der Waals surface area contributed by atoms with Crippen molar-refractivity contribution in [2.45, 2.75) is 98.9 Å². The number of ether oxygens (including phenoxy) is 2. The van der Waals surface area contributed by atoms with Crippen LogP contribution in [0.4, 0.5) is 0 Å². The fraction of sp³-hybridized carbons (Fsp3) is 0.958. The lowest BCUT2D eigenvalue weighted by molar-refractivity contribution is -0.205. The van der Waals surface area contributed by atoms with E-state index in [9.17, 15) is 20.1 Å². The number of nitrogens with one attached hydrogen (secondary N) is 1. The van der Waals surface area contributed by atoms with Crippen molar-refractivity contribution in [1.29, 1.82) is 0 Å². The maximum absolute atomic E-state index is 13.6. The number of likely N-dealkylation sites (tertiary alicyclic amines) is 1. The number of hydrogen-bond acceptors (Lipinski definition) is 8. The van der Waals surface area contributed by atoms with Gasteiger partial charge in [-0.2, -0.15) is 0 Å². The quantitative estimate of drug-likeness (QED) is 0.386. The highest BCUT2D eigenvalue weighted by molar-refractivity contribution is 7.99. The second-order valence-corrected chi connectivity index (χ2v) is 12.3. The second-order valence-electron chi connectivity index (χ2n) is 10.7. The minimum atomic E-state index is -1.39. The Labute approximate surface area is 212 Å². The first kappa shape index (κ1) is 26.9. The largest absolute Gasteiger partial charge is 0.388 e. The summed E-state index contributed by atoms with van der Waals surface area (Å²) in [5, 5.41) is 33.6. The maximum atomic E-state index is 13.6. The lowest BCUT2D eigenvalue weighted by Gasteiger charge is -2.44. The van der Waals surface area contributed by atoms with Crippen LogP contribution in [-0.4, -0.2) is 106 Å². The highest BCUT2D eigenvalue weighted by atomic mass is 35.5. The number of carbonyl (C=O) groups excluding carboxylic acids is 1. The van der Waals surface area contributed by atoms with Gasteiger partial charge in [0, 0.05) is 19.1 Å². The van der Waals surface area contributed by atoms with E-state index < -0.39 is 47.3 Å². The molecule has 10 heteroatoms. The molecule has 4 N–H and O–H groups in total. The molecule has 4 rings (SSSR count). The molecule has 1 saturated carbocycles. The van der Waals surface area contributed by atoms with Gasteiger partial charge >= 0.3 is 0 Å². The fourth-order valence-electron chi connectivity index (χ4n) is 6.67. The monoisotopic (exact) mass is 520 g/mol. The third kappa shape index (κ3) is 5.42. The Morgan fingerprint density at radius 2 is 1.79 bits per heavy atom. The summed E-state index contributed by atoms with van der Waals surface area (Å²) in [6.45, 7) is 3.22. The van der Waals surface area contributed by atoms with Crippen LogP contribution in [0.2, 0.25) is 0 Å². The molecule has 0 aromatic carbocycles. The topological polar surface area (TPSA) is 111 Å². The zero-order valence-corrected chi connectivity index (χ0v) is 22.0. The molecule has 8 nitrogen and oxygen atoms in total. The molecule has 4 unspecified atom stereocenters. The van der Waals surface area contributed by atoms with Crippen LogP contribution in [-0.2, 0) is 14.3 Å². The molecule has 196 valence electrons. The third-order valence-electron chi connectivity index (χ3n) is 8.51. The number of amides is 1. The number of aliphatic hydroxyl groups is 3. The number of rotatable bonds is 6. The van der Waals surface area contributed by atoms with Gasteiger partial charge < -0.3 is 30.1 Å². The predicted octanol–water partition coefficient (Wildman–Crippen LogP) is 1.18. The lowest BCUT2D eigenvalue weighted by atomic mass is 9.81. The van der Waals surface area contributed by atoms with Gasteiger partial charge in [0.05, 0.1) is 17.5 Å². The molecule has 3 aliphatic heterocycles. The number of likely N-dealkylation sites (N-methyl/N-ethyl adjacent to an activating group) is 1. The van der Waals surface area contributed by atoms with Crippen molar-refractivity contribution in [3.63, 3.8) is 0 Å². The average molecular weight is 521 g/mol. The molecule has 0 aromatic rings. The Bertz CT molecular complexity index is 696. The zero-order chi connectivity index (χ0) is 24.6. The van der Waals surface area contributed by atoms with Gasteiger partial charge in [-0.3, -0.25) is 9.69 Å². The first-order chi connectivity index (χ1) is 16.2. The molecule has 4 aliphatic rings. The summed E-state index contributed by atoms with van der Waals surface area (Å²) in [5.74, 6) is 1.57. The molecular formula is C24H41ClN2O6S. The smallest absolute Gasteiger partial charge is 0.240 e. The van der Waals surface area contributed by atoms with Crippen molar-refractivity contribution in [2.24, 2.45) is 17.8 Å². The van der Waals surface area contributed by atoms with Crippen LogP contribution in [0.3, 0.4) is 0 Å². The van der Waals surface area contributed by atoms with Crippen molar-refractivity contribution in [3.05, 3.63) is 0 Å². The van der Waals surface area contributed by atoms with Gasteiger partial charge in [-0.05, 0) is 44.9 Å². The van der Waals surface area contributed by atoms with E-state index in [0.29, 0.717) is 18.4 Å². The van der Waals surface area contributed by atoms with E-state index >= 15 is 0 Å². The van der Waals surface area contributed by atoms with E-state index in [1.807, 2.05) is 7.05 Å². The molecule has 1 amide bonds. The van der Waals surface area contributed by atoms with E-state index in [1.165, 1.54) is 37.4 Å². The van der Waals surface area contributed by atoms with Crippen LogP contribution in [0.5, 0.6) is 0 Å². The SMILES string of the molecule is CSC1O[C@H]([C@H](NC(=O)[C@@H]2[C@@H]3OCC[C@@H](C4CCCC4)CC3CN2C)C(C)Cl)[C@@H](O)C(O)[C@H]1O.